The number of phenolic OH excluding ortho intramolecular Hbond substituents is 1. The van der Waals surface area contributed by atoms with Crippen molar-refractivity contribution in [2.75, 3.05) is 13.2 Å². The Labute approximate surface area is 208 Å². The highest BCUT2D eigenvalue weighted by atomic mass is 16.5. The molecule has 0 radical (unpaired) electrons. The van der Waals surface area contributed by atoms with Crippen LogP contribution in [0.2, 0.25) is 0 Å². The number of carbonyl (C=O) groups is 1. The normalized spacial score (nSPS) is 14.7. The number of nitrogens with one attached hydrogen (secondary N) is 1. The van der Waals surface area contributed by atoms with Crippen molar-refractivity contribution in [2.24, 2.45) is 0 Å². The molecule has 0 saturated carbocycles. The molecule has 1 unspecified atom stereocenters. The van der Waals surface area contributed by atoms with E-state index in [-0.39, 0.29) is 18.2 Å². The minimum Gasteiger partial charge on any atom is -0.507 e. The fraction of sp³-hybridized carbons (Fsp3) is 0.214. The number of carbonyl (C=O) groups excluding carboxylic acids is 1. The molecular formula is C28H27N3O5. The first-order valence-electron chi connectivity index (χ1n) is 11.7. The van der Waals surface area contributed by atoms with E-state index in [9.17, 15) is 9.90 Å². The number of H-pyrrole nitrogens is 1. The first kappa shape index (κ1) is 23.3. The van der Waals surface area contributed by atoms with Gasteiger partial charge >= 0.3 is 0 Å². The summed E-state index contributed by atoms with van der Waals surface area (Å²) >= 11 is 0. The molecule has 36 heavy (non-hydrogen) atoms. The number of ether oxygens (including phenoxy) is 2. The summed E-state index contributed by atoms with van der Waals surface area (Å²) in [4.78, 5) is 15.3. The number of aromatic nitrogens is 2. The van der Waals surface area contributed by atoms with Crippen LogP contribution in [0.1, 0.15) is 45.9 Å². The minimum absolute atomic E-state index is 0.0914. The Morgan fingerprint density at radius 1 is 1.19 bits per heavy atom. The Morgan fingerprint density at radius 2 is 2.06 bits per heavy atom. The van der Waals surface area contributed by atoms with Gasteiger partial charge in [-0.15, -0.1) is 0 Å². The van der Waals surface area contributed by atoms with Crippen molar-refractivity contribution in [3.8, 4) is 28.5 Å². The highest BCUT2D eigenvalue weighted by molar-refractivity contribution is 6.00. The minimum atomic E-state index is -0.501. The van der Waals surface area contributed by atoms with Crippen molar-refractivity contribution in [3.63, 3.8) is 0 Å². The summed E-state index contributed by atoms with van der Waals surface area (Å²) in [5.74, 6) is 1.70. The smallest absolute Gasteiger partial charge is 0.273 e. The van der Waals surface area contributed by atoms with Crippen LogP contribution in [0.4, 0.5) is 0 Å². The number of benzene rings is 2. The number of fused-ring (bicyclic) bond motifs is 1. The lowest BCUT2D eigenvalue weighted by atomic mass is 9.94. The fourth-order valence-corrected chi connectivity index (χ4v) is 4.55. The second-order valence-corrected chi connectivity index (χ2v) is 8.54. The van der Waals surface area contributed by atoms with Crippen LogP contribution in [0.25, 0.3) is 11.3 Å². The Morgan fingerprint density at radius 3 is 2.81 bits per heavy atom. The summed E-state index contributed by atoms with van der Waals surface area (Å²) in [6.45, 7) is 8.61. The lowest BCUT2D eigenvalue weighted by Crippen LogP contribution is -2.29. The predicted octanol–water partition coefficient (Wildman–Crippen LogP) is 5.39. The average molecular weight is 486 g/mol. The molecule has 0 aliphatic carbocycles. The molecule has 5 rings (SSSR count). The van der Waals surface area contributed by atoms with E-state index in [1.807, 2.05) is 50.2 Å². The van der Waals surface area contributed by atoms with Crippen molar-refractivity contribution in [1.29, 1.82) is 0 Å². The van der Waals surface area contributed by atoms with Crippen LogP contribution in [-0.4, -0.2) is 39.3 Å². The van der Waals surface area contributed by atoms with Crippen LogP contribution in [0.3, 0.4) is 0 Å². The van der Waals surface area contributed by atoms with E-state index < -0.39 is 6.04 Å². The molecule has 2 aromatic heterocycles. The van der Waals surface area contributed by atoms with E-state index in [1.165, 1.54) is 0 Å². The van der Waals surface area contributed by atoms with E-state index >= 15 is 0 Å². The van der Waals surface area contributed by atoms with E-state index in [0.717, 1.165) is 11.1 Å². The summed E-state index contributed by atoms with van der Waals surface area (Å²) < 4.78 is 17.2. The van der Waals surface area contributed by atoms with Crippen LogP contribution in [-0.2, 0) is 6.54 Å². The lowest BCUT2D eigenvalue weighted by Gasteiger charge is -2.26. The lowest BCUT2D eigenvalue weighted by molar-refractivity contribution is 0.0716. The predicted molar refractivity (Wildman–Crippen MR) is 134 cm³/mol. The van der Waals surface area contributed by atoms with Gasteiger partial charge in [0, 0.05) is 11.1 Å². The van der Waals surface area contributed by atoms with Gasteiger partial charge in [-0.05, 0) is 55.8 Å². The number of aromatic hydroxyl groups is 1. The number of aromatic amines is 1. The number of rotatable bonds is 9. The highest BCUT2D eigenvalue weighted by Crippen LogP contribution is 2.46. The third kappa shape index (κ3) is 4.11. The summed E-state index contributed by atoms with van der Waals surface area (Å²) in [6, 6.07) is 14.1. The van der Waals surface area contributed by atoms with Crippen molar-refractivity contribution < 1.29 is 23.8 Å². The highest BCUT2D eigenvalue weighted by Gasteiger charge is 2.43. The van der Waals surface area contributed by atoms with Crippen molar-refractivity contribution >= 4 is 5.91 Å². The van der Waals surface area contributed by atoms with Gasteiger partial charge in [-0.3, -0.25) is 9.89 Å². The van der Waals surface area contributed by atoms with Crippen molar-refractivity contribution in [3.05, 3.63) is 95.6 Å². The van der Waals surface area contributed by atoms with Gasteiger partial charge in [-0.25, -0.2) is 0 Å². The first-order valence-corrected chi connectivity index (χ1v) is 11.7. The SMILES string of the molecule is C=CCOc1ccc(C2c3c(-c4cc(C)ccc4O)n[nH]c3C(=O)N2Cc2ccco2)cc1OCC. The molecule has 184 valence electrons. The first-order chi connectivity index (χ1) is 17.5. The Balaban J connectivity index is 1.66. The average Bonchev–Trinajstić information content (AvgIpc) is 3.60. The molecule has 1 aliphatic rings. The van der Waals surface area contributed by atoms with Gasteiger partial charge in [0.25, 0.3) is 5.91 Å². The van der Waals surface area contributed by atoms with Crippen molar-refractivity contribution in [1.82, 2.24) is 15.1 Å². The summed E-state index contributed by atoms with van der Waals surface area (Å²) in [5, 5.41) is 18.0. The fourth-order valence-electron chi connectivity index (χ4n) is 4.55. The summed E-state index contributed by atoms with van der Waals surface area (Å²) in [7, 11) is 0. The summed E-state index contributed by atoms with van der Waals surface area (Å²) in [5.41, 5.74) is 3.94. The van der Waals surface area contributed by atoms with Crippen molar-refractivity contribution in [2.45, 2.75) is 26.4 Å². The van der Waals surface area contributed by atoms with E-state index in [4.69, 9.17) is 13.9 Å². The van der Waals surface area contributed by atoms with Crippen LogP contribution in [0.15, 0.2) is 71.9 Å². The zero-order valence-corrected chi connectivity index (χ0v) is 20.2. The number of nitrogens with zero attached hydrogens (tertiary/aromatic N) is 2. The second-order valence-electron chi connectivity index (χ2n) is 8.54. The monoisotopic (exact) mass is 485 g/mol. The third-order valence-corrected chi connectivity index (χ3v) is 6.12. The Hall–Kier alpha value is -4.46. The number of aryl methyl sites for hydroxylation is 1. The van der Waals surface area contributed by atoms with Gasteiger partial charge in [0.2, 0.25) is 0 Å². The molecule has 8 heteroatoms. The van der Waals surface area contributed by atoms with Gasteiger partial charge in [0.1, 0.15) is 29.5 Å². The maximum absolute atomic E-state index is 13.6. The molecule has 3 heterocycles. The van der Waals surface area contributed by atoms with Crippen LogP contribution in [0.5, 0.6) is 17.2 Å². The molecule has 1 atom stereocenters. The molecule has 0 fully saturated rings. The molecule has 0 spiro atoms. The number of amides is 1. The molecule has 1 aliphatic heterocycles. The van der Waals surface area contributed by atoms with E-state index in [0.29, 0.717) is 53.0 Å². The standard InChI is InChI=1S/C28H27N3O5/c1-4-12-36-22-11-9-18(15-23(22)34-5-2)27-24-25(20-14-17(3)8-10-21(20)32)29-30-26(24)28(33)31(27)16-19-7-6-13-35-19/h4,6-11,13-15,27,32H,1,5,12,16H2,2-3H3,(H,29,30). The topological polar surface area (TPSA) is 101 Å². The van der Waals surface area contributed by atoms with Gasteiger partial charge in [0.15, 0.2) is 11.5 Å². The van der Waals surface area contributed by atoms with Crippen LogP contribution in [0, 0.1) is 6.92 Å². The second kappa shape index (κ2) is 9.65. The van der Waals surface area contributed by atoms with E-state index in [2.05, 4.69) is 16.8 Å². The summed E-state index contributed by atoms with van der Waals surface area (Å²) in [6.07, 6.45) is 3.25. The quantitative estimate of drug-likeness (QED) is 0.308. The van der Waals surface area contributed by atoms with Crippen LogP contribution >= 0.6 is 0 Å². The number of hydrogen-bond donors (Lipinski definition) is 2. The molecule has 2 N–H and O–H groups in total. The van der Waals surface area contributed by atoms with Gasteiger partial charge < -0.3 is 23.9 Å². The Bertz CT molecular complexity index is 1410. The zero-order valence-electron chi connectivity index (χ0n) is 20.2. The molecule has 0 bridgehead atoms. The Kier molecular flexibility index (Phi) is 6.25. The number of hydrogen-bond acceptors (Lipinski definition) is 6. The molecule has 8 nitrogen and oxygen atoms in total. The third-order valence-electron chi connectivity index (χ3n) is 6.12. The number of phenols is 1. The zero-order chi connectivity index (χ0) is 25.2. The number of furan rings is 1. The molecule has 2 aromatic carbocycles. The van der Waals surface area contributed by atoms with Gasteiger partial charge in [-0.1, -0.05) is 30.4 Å². The molecule has 0 saturated heterocycles. The van der Waals surface area contributed by atoms with Crippen LogP contribution < -0.4 is 9.47 Å². The molecule has 1 amide bonds. The van der Waals surface area contributed by atoms with Gasteiger partial charge in [-0.2, -0.15) is 5.10 Å². The maximum atomic E-state index is 13.6. The molecule has 4 aromatic rings. The molecular weight excluding hydrogens is 458 g/mol. The van der Waals surface area contributed by atoms with E-state index in [1.54, 1.807) is 29.4 Å². The van der Waals surface area contributed by atoms with Gasteiger partial charge in [0.05, 0.1) is 25.5 Å². The maximum Gasteiger partial charge on any atom is 0.273 e. The largest absolute Gasteiger partial charge is 0.507 e.